The van der Waals surface area contributed by atoms with Crippen molar-refractivity contribution >= 4 is 17.0 Å². The molecule has 2 heteroatoms. The van der Waals surface area contributed by atoms with Crippen molar-refractivity contribution in [3.8, 4) is 0 Å². The second kappa shape index (κ2) is 4.29. The van der Waals surface area contributed by atoms with Gasteiger partial charge in [0.05, 0.1) is 12.2 Å². The van der Waals surface area contributed by atoms with Gasteiger partial charge in [-0.05, 0) is 47.0 Å². The van der Waals surface area contributed by atoms with Crippen LogP contribution in [0.4, 0.5) is 5.69 Å². The second-order valence-corrected chi connectivity index (χ2v) is 4.07. The average Bonchev–Trinajstić information content (AvgIpc) is 2.67. The number of aryl methyl sites for hydroxylation is 1. The zero-order chi connectivity index (χ0) is 9.80. The van der Waals surface area contributed by atoms with Crippen molar-refractivity contribution in [3.05, 3.63) is 52.2 Å². The first-order valence-corrected chi connectivity index (χ1v) is 5.54. The van der Waals surface area contributed by atoms with Crippen LogP contribution < -0.4 is 5.32 Å². The topological polar surface area (TPSA) is 14.1 Å². The molecule has 0 bridgehead atoms. The average molecular weight is 202 g/mol. The van der Waals surface area contributed by atoms with Gasteiger partial charge in [-0.3, -0.25) is 5.32 Å². The maximum atomic E-state index is 4.52. The largest absolute Gasteiger partial charge is 0.281 e. The number of hydrogen-bond acceptors (Lipinski definition) is 1. The third-order valence-electron chi connectivity index (χ3n) is 2.03. The van der Waals surface area contributed by atoms with Gasteiger partial charge in [-0.2, -0.15) is 11.3 Å². The summed E-state index contributed by atoms with van der Waals surface area (Å²) in [5.74, 6) is 0. The minimum atomic E-state index is 0.785. The molecule has 1 heterocycles. The summed E-state index contributed by atoms with van der Waals surface area (Å²) in [6, 6.07) is 10.4. The Morgan fingerprint density at radius 1 is 1.29 bits per heavy atom. The Bertz CT molecular complexity index is 392. The number of benzene rings is 1. The molecule has 1 aromatic heterocycles. The van der Waals surface area contributed by atoms with Crippen molar-refractivity contribution in [1.29, 1.82) is 0 Å². The Morgan fingerprint density at radius 2 is 2.21 bits per heavy atom. The molecule has 1 radical (unpaired) electrons. The van der Waals surface area contributed by atoms with Gasteiger partial charge >= 0.3 is 0 Å². The molecule has 0 aliphatic heterocycles. The van der Waals surface area contributed by atoms with Crippen LogP contribution in [0.2, 0.25) is 0 Å². The summed E-state index contributed by atoms with van der Waals surface area (Å²) in [6.45, 7) is 2.87. The highest BCUT2D eigenvalue weighted by atomic mass is 32.1. The highest BCUT2D eigenvalue weighted by Crippen LogP contribution is 2.12. The van der Waals surface area contributed by atoms with Gasteiger partial charge in [-0.1, -0.05) is 12.1 Å². The molecule has 1 nitrogen and oxygen atoms in total. The van der Waals surface area contributed by atoms with E-state index >= 15 is 0 Å². The van der Waals surface area contributed by atoms with Crippen LogP contribution in [0, 0.1) is 6.92 Å². The van der Waals surface area contributed by atoms with Crippen molar-refractivity contribution in [2.75, 3.05) is 0 Å². The lowest BCUT2D eigenvalue weighted by atomic mass is 10.2. The lowest BCUT2D eigenvalue weighted by Gasteiger charge is -2.02. The Labute approximate surface area is 88.4 Å². The zero-order valence-electron chi connectivity index (χ0n) is 8.10. The number of nitrogens with zero attached hydrogens (tertiary/aromatic N) is 1. The van der Waals surface area contributed by atoms with Crippen LogP contribution in [-0.2, 0) is 6.54 Å². The Hall–Kier alpha value is -1.28. The summed E-state index contributed by atoms with van der Waals surface area (Å²) in [7, 11) is 0. The fourth-order valence-corrected chi connectivity index (χ4v) is 1.95. The summed E-state index contributed by atoms with van der Waals surface area (Å²) in [4.78, 5) is 0. The van der Waals surface area contributed by atoms with Crippen LogP contribution in [0.3, 0.4) is 0 Å². The lowest BCUT2D eigenvalue weighted by molar-refractivity contribution is 0.866. The van der Waals surface area contributed by atoms with E-state index < -0.39 is 0 Å². The third kappa shape index (κ3) is 2.36. The van der Waals surface area contributed by atoms with E-state index in [0.717, 1.165) is 12.2 Å². The van der Waals surface area contributed by atoms with E-state index in [1.165, 1.54) is 11.1 Å². The monoisotopic (exact) mass is 202 g/mol. The fourth-order valence-electron chi connectivity index (χ4n) is 1.29. The van der Waals surface area contributed by atoms with Gasteiger partial charge in [-0.25, -0.2) is 0 Å². The molecule has 71 valence electrons. The van der Waals surface area contributed by atoms with Crippen LogP contribution in [0.1, 0.15) is 11.1 Å². The summed E-state index contributed by atoms with van der Waals surface area (Å²) < 4.78 is 0. The third-order valence-corrected chi connectivity index (χ3v) is 2.76. The quantitative estimate of drug-likeness (QED) is 0.723. The van der Waals surface area contributed by atoms with E-state index in [1.807, 2.05) is 12.1 Å². The van der Waals surface area contributed by atoms with Crippen molar-refractivity contribution < 1.29 is 0 Å². The minimum absolute atomic E-state index is 0.785. The molecule has 1 aromatic carbocycles. The van der Waals surface area contributed by atoms with Gasteiger partial charge in [0.25, 0.3) is 0 Å². The molecule has 0 saturated carbocycles. The van der Waals surface area contributed by atoms with Gasteiger partial charge in [0.1, 0.15) is 0 Å². The first-order chi connectivity index (χ1) is 6.84. The normalized spacial score (nSPS) is 10.1. The van der Waals surface area contributed by atoms with Gasteiger partial charge < -0.3 is 0 Å². The van der Waals surface area contributed by atoms with Crippen molar-refractivity contribution in [2.24, 2.45) is 0 Å². The molecule has 0 spiro atoms. The molecular formula is C12H12NS. The van der Waals surface area contributed by atoms with Crippen LogP contribution in [-0.4, -0.2) is 0 Å². The Kier molecular flexibility index (Phi) is 2.84. The lowest BCUT2D eigenvalue weighted by Crippen LogP contribution is -1.96. The van der Waals surface area contributed by atoms with E-state index in [2.05, 4.69) is 41.2 Å². The molecule has 0 unspecified atom stereocenters. The van der Waals surface area contributed by atoms with Gasteiger partial charge in [0.15, 0.2) is 0 Å². The van der Waals surface area contributed by atoms with Crippen molar-refractivity contribution in [1.82, 2.24) is 5.32 Å². The highest BCUT2D eigenvalue weighted by Gasteiger charge is 1.96. The fraction of sp³-hybridized carbons (Fsp3) is 0.167. The Balaban J connectivity index is 1.98. The maximum absolute atomic E-state index is 4.52. The van der Waals surface area contributed by atoms with E-state index in [-0.39, 0.29) is 0 Å². The first-order valence-electron chi connectivity index (χ1n) is 4.60. The van der Waals surface area contributed by atoms with Gasteiger partial charge in [0.2, 0.25) is 0 Å². The van der Waals surface area contributed by atoms with Crippen LogP contribution in [0.25, 0.3) is 0 Å². The molecule has 0 atom stereocenters. The standard InChI is InChI=1S/C12H12NS/c1-10-3-2-4-12(7-10)13-8-11-5-6-14-9-11/h2-7,9H,8H2,1H3. The second-order valence-electron chi connectivity index (χ2n) is 3.29. The van der Waals surface area contributed by atoms with Crippen molar-refractivity contribution in [2.45, 2.75) is 13.5 Å². The highest BCUT2D eigenvalue weighted by molar-refractivity contribution is 7.07. The molecule has 2 rings (SSSR count). The molecule has 0 fully saturated rings. The summed E-state index contributed by atoms with van der Waals surface area (Å²) in [5.41, 5.74) is 3.62. The number of hydrogen-bond donors (Lipinski definition) is 0. The first kappa shape index (κ1) is 9.28. The van der Waals surface area contributed by atoms with Crippen LogP contribution in [0.15, 0.2) is 41.1 Å². The van der Waals surface area contributed by atoms with Crippen LogP contribution in [0.5, 0.6) is 0 Å². The molecule has 0 N–H and O–H groups in total. The Morgan fingerprint density at radius 3 is 2.93 bits per heavy atom. The molecule has 2 aromatic rings. The predicted octanol–water partition coefficient (Wildman–Crippen LogP) is 3.49. The van der Waals surface area contributed by atoms with E-state index in [9.17, 15) is 0 Å². The number of thiophene rings is 1. The van der Waals surface area contributed by atoms with E-state index in [1.54, 1.807) is 11.3 Å². The van der Waals surface area contributed by atoms with Crippen LogP contribution >= 0.6 is 11.3 Å². The zero-order valence-corrected chi connectivity index (χ0v) is 8.92. The molecule has 0 amide bonds. The SMILES string of the molecule is Cc1cccc([N]Cc2ccsc2)c1. The minimum Gasteiger partial charge on any atom is -0.281 e. The maximum Gasteiger partial charge on any atom is 0.0655 e. The van der Waals surface area contributed by atoms with Crippen molar-refractivity contribution in [3.63, 3.8) is 0 Å². The molecule has 0 saturated heterocycles. The molecule has 0 aliphatic carbocycles. The summed E-state index contributed by atoms with van der Waals surface area (Å²) in [6.07, 6.45) is 0. The molecular weight excluding hydrogens is 190 g/mol. The number of rotatable bonds is 3. The summed E-state index contributed by atoms with van der Waals surface area (Å²) in [5, 5.41) is 8.74. The summed E-state index contributed by atoms with van der Waals surface area (Å²) >= 11 is 1.72. The van der Waals surface area contributed by atoms with E-state index in [0.29, 0.717) is 0 Å². The van der Waals surface area contributed by atoms with E-state index in [4.69, 9.17) is 0 Å². The molecule has 0 aliphatic rings. The smallest absolute Gasteiger partial charge is 0.0655 e. The predicted molar refractivity (Wildman–Crippen MR) is 61.0 cm³/mol. The molecule has 14 heavy (non-hydrogen) atoms. The van der Waals surface area contributed by atoms with Gasteiger partial charge in [-0.15, -0.1) is 0 Å². The van der Waals surface area contributed by atoms with Gasteiger partial charge in [0, 0.05) is 0 Å².